The first-order valence-corrected chi connectivity index (χ1v) is 5.19. The van der Waals surface area contributed by atoms with E-state index in [1.165, 1.54) is 17.4 Å². The van der Waals surface area contributed by atoms with Gasteiger partial charge in [-0.05, 0) is 18.2 Å². The second-order valence-electron chi connectivity index (χ2n) is 2.35. The molecule has 0 atom stereocenters. The van der Waals surface area contributed by atoms with Crippen molar-refractivity contribution in [3.05, 3.63) is 32.8 Å². The van der Waals surface area contributed by atoms with Crippen LogP contribution in [0, 0.1) is 5.82 Å². The molecule has 0 nitrogen and oxygen atoms in total. The Labute approximate surface area is 86.1 Å². The topological polar surface area (TPSA) is 0 Å². The van der Waals surface area contributed by atoms with Gasteiger partial charge in [0, 0.05) is 14.6 Å². The van der Waals surface area contributed by atoms with Gasteiger partial charge in [-0.1, -0.05) is 27.5 Å². The van der Waals surface area contributed by atoms with Crippen LogP contribution < -0.4 is 0 Å². The van der Waals surface area contributed by atoms with Crippen LogP contribution in [0.15, 0.2) is 22.7 Å². The standard InChI is InChI=1S/C8H3BrClFS/c9-4-1-6(11)5-3-8(10)12-7(5)2-4/h1-3H. The SMILES string of the molecule is Fc1cc(Br)cc2sc(Cl)cc12. The number of hydrogen-bond acceptors (Lipinski definition) is 1. The minimum atomic E-state index is -0.234. The Morgan fingerprint density at radius 1 is 1.33 bits per heavy atom. The van der Waals surface area contributed by atoms with E-state index in [0.717, 1.165) is 9.17 Å². The molecule has 1 aromatic carbocycles. The molecule has 0 bridgehead atoms. The van der Waals surface area contributed by atoms with Crippen LogP contribution in [0.5, 0.6) is 0 Å². The Kier molecular flexibility index (Phi) is 2.10. The van der Waals surface area contributed by atoms with E-state index in [4.69, 9.17) is 11.6 Å². The smallest absolute Gasteiger partial charge is 0.133 e. The fourth-order valence-corrected chi connectivity index (χ4v) is 2.81. The highest BCUT2D eigenvalue weighted by molar-refractivity contribution is 9.10. The molecule has 62 valence electrons. The molecule has 2 aromatic rings. The predicted octanol–water partition coefficient (Wildman–Crippen LogP) is 4.46. The van der Waals surface area contributed by atoms with Gasteiger partial charge in [-0.3, -0.25) is 0 Å². The molecule has 0 fully saturated rings. The Balaban J connectivity index is 2.88. The van der Waals surface area contributed by atoms with Gasteiger partial charge in [-0.2, -0.15) is 0 Å². The molecular formula is C8H3BrClFS. The molecular weight excluding hydrogens is 263 g/mol. The summed E-state index contributed by atoms with van der Waals surface area (Å²) in [5.41, 5.74) is 0. The molecule has 2 rings (SSSR count). The highest BCUT2D eigenvalue weighted by Gasteiger charge is 2.05. The number of hydrogen-bond donors (Lipinski definition) is 0. The fraction of sp³-hybridized carbons (Fsp3) is 0. The lowest BCUT2D eigenvalue weighted by atomic mass is 10.2. The van der Waals surface area contributed by atoms with Gasteiger partial charge in [-0.25, -0.2) is 4.39 Å². The van der Waals surface area contributed by atoms with E-state index in [1.807, 2.05) is 6.07 Å². The summed E-state index contributed by atoms with van der Waals surface area (Å²) in [5.74, 6) is -0.234. The van der Waals surface area contributed by atoms with Crippen molar-refractivity contribution >= 4 is 49.0 Å². The van der Waals surface area contributed by atoms with E-state index in [0.29, 0.717) is 9.72 Å². The molecule has 0 aliphatic carbocycles. The summed E-state index contributed by atoms with van der Waals surface area (Å²) in [4.78, 5) is 0. The average molecular weight is 266 g/mol. The molecule has 0 unspecified atom stereocenters. The zero-order valence-corrected chi connectivity index (χ0v) is 8.93. The van der Waals surface area contributed by atoms with Crippen LogP contribution >= 0.6 is 38.9 Å². The first kappa shape index (κ1) is 8.48. The Hall–Kier alpha value is -0.120. The van der Waals surface area contributed by atoms with Crippen LogP contribution in [0.3, 0.4) is 0 Å². The number of fused-ring (bicyclic) bond motifs is 1. The number of rotatable bonds is 0. The summed E-state index contributed by atoms with van der Waals surface area (Å²) < 4.78 is 15.4. The molecule has 1 aromatic heterocycles. The van der Waals surface area contributed by atoms with Gasteiger partial charge in [0.25, 0.3) is 0 Å². The molecule has 0 saturated heterocycles. The fourth-order valence-electron chi connectivity index (χ4n) is 1.03. The summed E-state index contributed by atoms with van der Waals surface area (Å²) in [7, 11) is 0. The first-order chi connectivity index (χ1) is 5.66. The zero-order chi connectivity index (χ0) is 8.72. The van der Waals surface area contributed by atoms with Crippen molar-refractivity contribution in [1.82, 2.24) is 0 Å². The maximum atomic E-state index is 13.2. The van der Waals surface area contributed by atoms with Crippen molar-refractivity contribution in [2.45, 2.75) is 0 Å². The van der Waals surface area contributed by atoms with Gasteiger partial charge < -0.3 is 0 Å². The number of thiophene rings is 1. The van der Waals surface area contributed by atoms with E-state index in [-0.39, 0.29) is 5.82 Å². The molecule has 12 heavy (non-hydrogen) atoms. The third-order valence-corrected chi connectivity index (χ3v) is 3.19. The molecule has 0 spiro atoms. The van der Waals surface area contributed by atoms with Gasteiger partial charge in [-0.15, -0.1) is 11.3 Å². The monoisotopic (exact) mass is 264 g/mol. The van der Waals surface area contributed by atoms with Crippen LogP contribution in [0.2, 0.25) is 4.34 Å². The molecule has 0 amide bonds. The first-order valence-electron chi connectivity index (χ1n) is 3.21. The normalized spacial score (nSPS) is 10.9. The molecule has 0 aliphatic heterocycles. The summed E-state index contributed by atoms with van der Waals surface area (Å²) in [6, 6.07) is 4.93. The summed E-state index contributed by atoms with van der Waals surface area (Å²) in [6.45, 7) is 0. The summed E-state index contributed by atoms with van der Waals surface area (Å²) in [5, 5.41) is 0.591. The van der Waals surface area contributed by atoms with Crippen LogP contribution in [-0.2, 0) is 0 Å². The number of halogens is 3. The van der Waals surface area contributed by atoms with E-state index in [1.54, 1.807) is 6.07 Å². The predicted molar refractivity (Wildman–Crippen MR) is 54.5 cm³/mol. The van der Waals surface area contributed by atoms with Crippen molar-refractivity contribution in [2.75, 3.05) is 0 Å². The second-order valence-corrected chi connectivity index (χ2v) is 4.98. The van der Waals surface area contributed by atoms with Gasteiger partial charge in [0.2, 0.25) is 0 Å². The summed E-state index contributed by atoms with van der Waals surface area (Å²) in [6.07, 6.45) is 0. The third-order valence-electron chi connectivity index (χ3n) is 1.52. The number of benzene rings is 1. The van der Waals surface area contributed by atoms with E-state index in [9.17, 15) is 4.39 Å². The second kappa shape index (κ2) is 2.98. The van der Waals surface area contributed by atoms with E-state index >= 15 is 0 Å². The van der Waals surface area contributed by atoms with E-state index in [2.05, 4.69) is 15.9 Å². The van der Waals surface area contributed by atoms with Crippen molar-refractivity contribution < 1.29 is 4.39 Å². The van der Waals surface area contributed by atoms with E-state index < -0.39 is 0 Å². The third kappa shape index (κ3) is 1.37. The molecule has 0 saturated carbocycles. The maximum Gasteiger partial charge on any atom is 0.133 e. The minimum Gasteiger partial charge on any atom is -0.206 e. The molecule has 1 heterocycles. The lowest BCUT2D eigenvalue weighted by Gasteiger charge is -1.92. The summed E-state index contributed by atoms with van der Waals surface area (Å²) >= 11 is 10.3. The zero-order valence-electron chi connectivity index (χ0n) is 5.77. The highest BCUT2D eigenvalue weighted by Crippen LogP contribution is 2.33. The van der Waals surface area contributed by atoms with Gasteiger partial charge in [0.15, 0.2) is 0 Å². The Morgan fingerprint density at radius 3 is 2.83 bits per heavy atom. The molecule has 4 heteroatoms. The largest absolute Gasteiger partial charge is 0.206 e. The van der Waals surface area contributed by atoms with Crippen LogP contribution in [0.1, 0.15) is 0 Å². The van der Waals surface area contributed by atoms with Crippen molar-refractivity contribution in [2.24, 2.45) is 0 Å². The lowest BCUT2D eigenvalue weighted by molar-refractivity contribution is 0.639. The van der Waals surface area contributed by atoms with Crippen molar-refractivity contribution in [3.8, 4) is 0 Å². The van der Waals surface area contributed by atoms with Gasteiger partial charge in [0.1, 0.15) is 5.82 Å². The highest BCUT2D eigenvalue weighted by atomic mass is 79.9. The quantitative estimate of drug-likeness (QED) is 0.660. The Morgan fingerprint density at radius 2 is 2.08 bits per heavy atom. The molecule has 0 radical (unpaired) electrons. The van der Waals surface area contributed by atoms with Crippen LogP contribution in [0.4, 0.5) is 4.39 Å². The minimum absolute atomic E-state index is 0.234. The molecule has 0 aliphatic rings. The van der Waals surface area contributed by atoms with Gasteiger partial charge in [0.05, 0.1) is 4.34 Å². The maximum absolute atomic E-state index is 13.2. The average Bonchev–Trinajstić information content (AvgIpc) is 2.29. The van der Waals surface area contributed by atoms with Crippen LogP contribution in [-0.4, -0.2) is 0 Å². The van der Waals surface area contributed by atoms with Crippen LogP contribution in [0.25, 0.3) is 10.1 Å². The van der Waals surface area contributed by atoms with Crippen molar-refractivity contribution in [3.63, 3.8) is 0 Å². The lowest BCUT2D eigenvalue weighted by Crippen LogP contribution is -1.73. The van der Waals surface area contributed by atoms with Crippen molar-refractivity contribution in [1.29, 1.82) is 0 Å². The Bertz CT molecular complexity index is 438. The van der Waals surface area contributed by atoms with Gasteiger partial charge >= 0.3 is 0 Å². The molecule has 0 N–H and O–H groups in total.